The van der Waals surface area contributed by atoms with Gasteiger partial charge in [0, 0.05) is 28.6 Å². The average Bonchev–Trinajstić information content (AvgIpc) is 3.16. The number of nitrogens with zero attached hydrogens (tertiary/aromatic N) is 2. The highest BCUT2D eigenvalue weighted by atomic mass is 32.1. The van der Waals surface area contributed by atoms with Gasteiger partial charge in [0.2, 0.25) is 0 Å². The fourth-order valence-corrected chi connectivity index (χ4v) is 3.24. The Morgan fingerprint density at radius 1 is 1.17 bits per heavy atom. The first-order valence-corrected chi connectivity index (χ1v) is 8.73. The molecule has 0 aliphatic heterocycles. The lowest BCUT2D eigenvalue weighted by molar-refractivity contribution is 0.101. The summed E-state index contributed by atoms with van der Waals surface area (Å²) < 4.78 is 1.64. The maximum atomic E-state index is 12.7. The zero-order valence-electron chi connectivity index (χ0n) is 14.3. The van der Waals surface area contributed by atoms with E-state index in [-0.39, 0.29) is 11.3 Å². The molecule has 3 aromatic rings. The SMILES string of the molecule is Cn1nc(C(C)(C)C)cc1C(=O)Nc1ccccc1-c1cccs1. The van der Waals surface area contributed by atoms with E-state index in [0.29, 0.717) is 5.69 Å². The van der Waals surface area contributed by atoms with Gasteiger partial charge in [-0.05, 0) is 23.6 Å². The minimum absolute atomic E-state index is 0.0921. The van der Waals surface area contributed by atoms with E-state index in [1.165, 1.54) is 0 Å². The van der Waals surface area contributed by atoms with E-state index in [0.717, 1.165) is 21.8 Å². The molecule has 1 amide bonds. The van der Waals surface area contributed by atoms with Crippen LogP contribution in [0.1, 0.15) is 37.0 Å². The number of anilines is 1. The second-order valence-electron chi connectivity index (χ2n) is 6.77. The normalized spacial score (nSPS) is 11.5. The third-order valence-corrected chi connectivity index (χ3v) is 4.75. The van der Waals surface area contributed by atoms with E-state index < -0.39 is 0 Å². The van der Waals surface area contributed by atoms with Crippen LogP contribution < -0.4 is 5.32 Å². The summed E-state index contributed by atoms with van der Waals surface area (Å²) in [5.41, 5.74) is 3.20. The highest BCUT2D eigenvalue weighted by Crippen LogP contribution is 2.31. The molecule has 0 aliphatic carbocycles. The van der Waals surface area contributed by atoms with Crippen LogP contribution in [0.4, 0.5) is 5.69 Å². The van der Waals surface area contributed by atoms with Crippen molar-refractivity contribution in [3.8, 4) is 10.4 Å². The number of rotatable bonds is 3. The van der Waals surface area contributed by atoms with Gasteiger partial charge in [-0.2, -0.15) is 5.10 Å². The Labute approximate surface area is 146 Å². The zero-order valence-corrected chi connectivity index (χ0v) is 15.1. The number of aryl methyl sites for hydroxylation is 1. The number of benzene rings is 1. The molecule has 5 heteroatoms. The van der Waals surface area contributed by atoms with Crippen molar-refractivity contribution in [3.63, 3.8) is 0 Å². The maximum Gasteiger partial charge on any atom is 0.273 e. The highest BCUT2D eigenvalue weighted by Gasteiger charge is 2.22. The van der Waals surface area contributed by atoms with Gasteiger partial charge in [0.15, 0.2) is 0 Å². The van der Waals surface area contributed by atoms with Gasteiger partial charge >= 0.3 is 0 Å². The first-order chi connectivity index (χ1) is 11.4. The summed E-state index contributed by atoms with van der Waals surface area (Å²) in [6, 6.07) is 13.8. The molecule has 2 heterocycles. The third kappa shape index (κ3) is 3.26. The van der Waals surface area contributed by atoms with Crippen LogP contribution in [0.2, 0.25) is 0 Å². The van der Waals surface area contributed by atoms with Crippen LogP contribution >= 0.6 is 11.3 Å². The van der Waals surface area contributed by atoms with E-state index in [1.54, 1.807) is 23.1 Å². The van der Waals surface area contributed by atoms with E-state index in [9.17, 15) is 4.79 Å². The fourth-order valence-electron chi connectivity index (χ4n) is 2.47. The van der Waals surface area contributed by atoms with E-state index in [1.807, 2.05) is 41.8 Å². The van der Waals surface area contributed by atoms with E-state index in [4.69, 9.17) is 0 Å². The topological polar surface area (TPSA) is 46.9 Å². The van der Waals surface area contributed by atoms with Crippen LogP contribution in [0.15, 0.2) is 47.8 Å². The second kappa shape index (κ2) is 6.24. The molecule has 0 radical (unpaired) electrons. The Hall–Kier alpha value is -2.40. The Kier molecular flexibility index (Phi) is 4.28. The van der Waals surface area contributed by atoms with Crippen LogP contribution in [0.25, 0.3) is 10.4 Å². The number of hydrogen-bond acceptors (Lipinski definition) is 3. The summed E-state index contributed by atoms with van der Waals surface area (Å²) in [6.07, 6.45) is 0. The summed E-state index contributed by atoms with van der Waals surface area (Å²) in [4.78, 5) is 13.9. The smallest absolute Gasteiger partial charge is 0.273 e. The van der Waals surface area contributed by atoms with Crippen molar-refractivity contribution in [1.29, 1.82) is 0 Å². The molecule has 0 fully saturated rings. The molecule has 124 valence electrons. The number of thiophene rings is 1. The Bertz CT molecular complexity index is 857. The Morgan fingerprint density at radius 2 is 1.92 bits per heavy atom. The van der Waals surface area contributed by atoms with Gasteiger partial charge in [-0.15, -0.1) is 11.3 Å². The maximum absolute atomic E-state index is 12.7. The molecule has 0 spiro atoms. The van der Waals surface area contributed by atoms with Gasteiger partial charge in [-0.25, -0.2) is 0 Å². The predicted octanol–water partition coefficient (Wildman–Crippen LogP) is 4.70. The Morgan fingerprint density at radius 3 is 2.54 bits per heavy atom. The van der Waals surface area contributed by atoms with Crippen LogP contribution in [-0.2, 0) is 12.5 Å². The van der Waals surface area contributed by atoms with Crippen molar-refractivity contribution in [2.45, 2.75) is 26.2 Å². The molecule has 1 N–H and O–H groups in total. The predicted molar refractivity (Wildman–Crippen MR) is 99.6 cm³/mol. The zero-order chi connectivity index (χ0) is 17.3. The van der Waals surface area contributed by atoms with E-state index >= 15 is 0 Å². The van der Waals surface area contributed by atoms with Crippen LogP contribution in [-0.4, -0.2) is 15.7 Å². The van der Waals surface area contributed by atoms with Crippen molar-refractivity contribution < 1.29 is 4.79 Å². The molecular weight excluding hydrogens is 318 g/mol. The fraction of sp³-hybridized carbons (Fsp3) is 0.263. The van der Waals surface area contributed by atoms with Crippen molar-refractivity contribution in [2.75, 3.05) is 5.32 Å². The van der Waals surface area contributed by atoms with Crippen LogP contribution in [0.5, 0.6) is 0 Å². The van der Waals surface area contributed by atoms with Crippen molar-refractivity contribution in [3.05, 3.63) is 59.2 Å². The number of aromatic nitrogens is 2. The summed E-state index contributed by atoms with van der Waals surface area (Å²) >= 11 is 1.65. The van der Waals surface area contributed by atoms with Crippen molar-refractivity contribution in [1.82, 2.24) is 9.78 Å². The number of carbonyl (C=O) groups is 1. The number of carbonyl (C=O) groups excluding carboxylic acids is 1. The molecule has 0 aliphatic rings. The first-order valence-electron chi connectivity index (χ1n) is 7.85. The molecule has 0 unspecified atom stereocenters. The summed E-state index contributed by atoms with van der Waals surface area (Å²) in [5.74, 6) is -0.149. The van der Waals surface area contributed by atoms with Crippen molar-refractivity contribution in [2.24, 2.45) is 7.05 Å². The molecule has 24 heavy (non-hydrogen) atoms. The van der Waals surface area contributed by atoms with Gasteiger partial charge in [0.05, 0.1) is 5.69 Å². The molecule has 0 bridgehead atoms. The molecule has 0 atom stereocenters. The van der Waals surface area contributed by atoms with Crippen LogP contribution in [0, 0.1) is 0 Å². The number of amides is 1. The summed E-state index contributed by atoms with van der Waals surface area (Å²) in [7, 11) is 1.80. The van der Waals surface area contributed by atoms with Gasteiger partial charge in [0.1, 0.15) is 5.69 Å². The minimum atomic E-state index is -0.149. The molecule has 0 saturated carbocycles. The Balaban J connectivity index is 1.90. The van der Waals surface area contributed by atoms with Gasteiger partial charge < -0.3 is 5.32 Å². The molecule has 2 aromatic heterocycles. The number of para-hydroxylation sites is 1. The lowest BCUT2D eigenvalue weighted by atomic mass is 9.92. The number of hydrogen-bond donors (Lipinski definition) is 1. The average molecular weight is 339 g/mol. The lowest BCUT2D eigenvalue weighted by Crippen LogP contribution is -2.16. The van der Waals surface area contributed by atoms with Gasteiger partial charge in [-0.3, -0.25) is 9.48 Å². The summed E-state index contributed by atoms with van der Waals surface area (Å²) in [5, 5.41) is 9.53. The third-order valence-electron chi connectivity index (χ3n) is 3.84. The monoisotopic (exact) mass is 339 g/mol. The molecular formula is C19H21N3OS. The largest absolute Gasteiger partial charge is 0.320 e. The molecule has 1 aromatic carbocycles. The van der Waals surface area contributed by atoms with Gasteiger partial charge in [-0.1, -0.05) is 45.0 Å². The quantitative estimate of drug-likeness (QED) is 0.752. The minimum Gasteiger partial charge on any atom is -0.320 e. The first kappa shape index (κ1) is 16.5. The standard InChI is InChI=1S/C19H21N3OS/c1-19(2,3)17-12-15(22(4)21-17)18(23)20-14-9-6-5-8-13(14)16-10-7-11-24-16/h5-12H,1-4H3,(H,20,23). The highest BCUT2D eigenvalue weighted by molar-refractivity contribution is 7.13. The molecule has 0 saturated heterocycles. The van der Waals surface area contributed by atoms with Crippen LogP contribution in [0.3, 0.4) is 0 Å². The number of nitrogens with one attached hydrogen (secondary N) is 1. The second-order valence-corrected chi connectivity index (χ2v) is 7.71. The lowest BCUT2D eigenvalue weighted by Gasteiger charge is -2.13. The molecule has 4 nitrogen and oxygen atoms in total. The summed E-state index contributed by atoms with van der Waals surface area (Å²) in [6.45, 7) is 6.26. The van der Waals surface area contributed by atoms with Crippen molar-refractivity contribution >= 4 is 22.9 Å². The van der Waals surface area contributed by atoms with Gasteiger partial charge in [0.25, 0.3) is 5.91 Å². The molecule has 3 rings (SSSR count). The van der Waals surface area contributed by atoms with E-state index in [2.05, 4.69) is 37.3 Å².